The van der Waals surface area contributed by atoms with Gasteiger partial charge in [-0.2, -0.15) is 5.26 Å². The van der Waals surface area contributed by atoms with E-state index in [1.54, 1.807) is 12.1 Å². The van der Waals surface area contributed by atoms with Gasteiger partial charge in [-0.05, 0) is 25.1 Å². The molecule has 0 amide bonds. The molecule has 0 aliphatic rings. The largest absolute Gasteiger partial charge is 0.211 e. The molecule has 0 spiro atoms. The number of halogens is 1. The highest BCUT2D eigenvalue weighted by Crippen LogP contribution is 2.25. The second kappa shape index (κ2) is 5.17. The second-order valence-electron chi connectivity index (χ2n) is 4.66. The molecule has 4 nitrogen and oxygen atoms in total. The molecule has 0 atom stereocenters. The molecule has 0 saturated carbocycles. The Morgan fingerprint density at radius 2 is 1.90 bits per heavy atom. The van der Waals surface area contributed by atoms with E-state index in [9.17, 15) is 9.65 Å². The lowest BCUT2D eigenvalue weighted by Gasteiger charge is -2.07. The van der Waals surface area contributed by atoms with Crippen molar-refractivity contribution in [1.82, 2.24) is 15.0 Å². The summed E-state index contributed by atoms with van der Waals surface area (Å²) in [5.74, 6) is -0.364. The summed E-state index contributed by atoms with van der Waals surface area (Å²) >= 11 is 0. The molecular formula is C16H11FN4. The number of hydrogen-bond acceptors (Lipinski definition) is 3. The highest BCUT2D eigenvalue weighted by atomic mass is 19.1. The fourth-order valence-corrected chi connectivity index (χ4v) is 2.12. The smallest absolute Gasteiger partial charge is 0.191 e. The molecular weight excluding hydrogens is 267 g/mol. The Bertz CT molecular complexity index is 828. The van der Waals surface area contributed by atoms with Gasteiger partial charge in [-0.15, -0.1) is 5.10 Å². The van der Waals surface area contributed by atoms with Gasteiger partial charge in [0.1, 0.15) is 17.6 Å². The van der Waals surface area contributed by atoms with Crippen LogP contribution >= 0.6 is 0 Å². The number of nitrogens with zero attached hydrogens (tertiary/aromatic N) is 4. The maximum Gasteiger partial charge on any atom is 0.191 e. The third-order valence-corrected chi connectivity index (χ3v) is 3.15. The molecule has 0 bridgehead atoms. The molecule has 0 aliphatic heterocycles. The minimum atomic E-state index is -0.364. The molecule has 0 aliphatic carbocycles. The Kier molecular flexibility index (Phi) is 3.20. The van der Waals surface area contributed by atoms with Crippen LogP contribution in [-0.2, 0) is 0 Å². The second-order valence-corrected chi connectivity index (χ2v) is 4.66. The zero-order chi connectivity index (χ0) is 14.8. The SMILES string of the molecule is Cc1ccc(-c2c(C#N)nnn2-c2cccc(F)c2)cc1. The van der Waals surface area contributed by atoms with Crippen LogP contribution in [0.2, 0.25) is 0 Å². The van der Waals surface area contributed by atoms with Crippen LogP contribution in [0.5, 0.6) is 0 Å². The van der Waals surface area contributed by atoms with E-state index in [4.69, 9.17) is 0 Å². The summed E-state index contributed by atoms with van der Waals surface area (Å²) in [5.41, 5.74) is 3.22. The van der Waals surface area contributed by atoms with Gasteiger partial charge in [0.05, 0.1) is 5.69 Å². The molecule has 1 aromatic heterocycles. The van der Waals surface area contributed by atoms with E-state index >= 15 is 0 Å². The van der Waals surface area contributed by atoms with E-state index in [1.165, 1.54) is 16.8 Å². The van der Waals surface area contributed by atoms with E-state index < -0.39 is 0 Å². The number of rotatable bonds is 2. The van der Waals surface area contributed by atoms with Gasteiger partial charge >= 0.3 is 0 Å². The van der Waals surface area contributed by atoms with E-state index in [0.29, 0.717) is 11.4 Å². The summed E-state index contributed by atoms with van der Waals surface area (Å²) in [7, 11) is 0. The summed E-state index contributed by atoms with van der Waals surface area (Å²) in [5, 5.41) is 17.1. The first-order valence-corrected chi connectivity index (χ1v) is 6.38. The average molecular weight is 278 g/mol. The Labute approximate surface area is 121 Å². The topological polar surface area (TPSA) is 54.5 Å². The van der Waals surface area contributed by atoms with Gasteiger partial charge in [0.25, 0.3) is 0 Å². The third kappa shape index (κ3) is 2.39. The van der Waals surface area contributed by atoms with Gasteiger partial charge in [-0.1, -0.05) is 41.1 Å². The van der Waals surface area contributed by atoms with Gasteiger partial charge < -0.3 is 0 Å². The number of hydrogen-bond donors (Lipinski definition) is 0. The predicted molar refractivity (Wildman–Crippen MR) is 76.2 cm³/mol. The Hall–Kier alpha value is -3.00. The summed E-state index contributed by atoms with van der Waals surface area (Å²) in [6.45, 7) is 1.98. The maximum absolute atomic E-state index is 13.4. The minimum absolute atomic E-state index is 0.211. The molecule has 102 valence electrons. The van der Waals surface area contributed by atoms with Gasteiger partial charge in [-0.25, -0.2) is 9.07 Å². The molecule has 0 N–H and O–H groups in total. The molecule has 0 radical (unpaired) electrons. The molecule has 3 rings (SSSR count). The predicted octanol–water partition coefficient (Wildman–Crippen LogP) is 3.25. The van der Waals surface area contributed by atoms with Gasteiger partial charge in [-0.3, -0.25) is 0 Å². The van der Waals surface area contributed by atoms with Crippen molar-refractivity contribution >= 4 is 0 Å². The van der Waals surface area contributed by atoms with Crippen LogP contribution in [0.3, 0.4) is 0 Å². The molecule has 0 saturated heterocycles. The summed E-state index contributed by atoms with van der Waals surface area (Å²) in [4.78, 5) is 0. The Morgan fingerprint density at radius 3 is 2.57 bits per heavy atom. The van der Waals surface area contributed by atoms with Crippen molar-refractivity contribution in [1.29, 1.82) is 5.26 Å². The van der Waals surface area contributed by atoms with Crippen LogP contribution in [0.1, 0.15) is 11.3 Å². The van der Waals surface area contributed by atoms with Crippen molar-refractivity contribution in [3.8, 4) is 23.0 Å². The van der Waals surface area contributed by atoms with E-state index in [1.807, 2.05) is 37.3 Å². The van der Waals surface area contributed by atoms with Gasteiger partial charge in [0.15, 0.2) is 5.69 Å². The van der Waals surface area contributed by atoms with E-state index in [2.05, 4.69) is 10.3 Å². The monoisotopic (exact) mass is 278 g/mol. The fraction of sp³-hybridized carbons (Fsp3) is 0.0625. The van der Waals surface area contributed by atoms with Gasteiger partial charge in [0, 0.05) is 5.56 Å². The van der Waals surface area contributed by atoms with Crippen molar-refractivity contribution < 1.29 is 4.39 Å². The van der Waals surface area contributed by atoms with Crippen LogP contribution in [0.15, 0.2) is 48.5 Å². The van der Waals surface area contributed by atoms with E-state index in [-0.39, 0.29) is 11.5 Å². The molecule has 3 aromatic rings. The lowest BCUT2D eigenvalue weighted by Crippen LogP contribution is -2.00. The lowest BCUT2D eigenvalue weighted by atomic mass is 10.1. The van der Waals surface area contributed by atoms with Crippen LogP contribution in [0, 0.1) is 24.1 Å². The Balaban J connectivity index is 2.22. The normalized spacial score (nSPS) is 10.3. The minimum Gasteiger partial charge on any atom is -0.211 e. The van der Waals surface area contributed by atoms with Crippen LogP contribution in [0.25, 0.3) is 16.9 Å². The summed E-state index contributed by atoms with van der Waals surface area (Å²) in [6.07, 6.45) is 0. The number of aryl methyl sites for hydroxylation is 1. The molecule has 5 heteroatoms. The average Bonchev–Trinajstić information content (AvgIpc) is 2.92. The van der Waals surface area contributed by atoms with E-state index in [0.717, 1.165) is 11.1 Å². The summed E-state index contributed by atoms with van der Waals surface area (Å²) in [6, 6.07) is 15.7. The first-order chi connectivity index (χ1) is 10.2. The molecule has 21 heavy (non-hydrogen) atoms. The highest BCUT2D eigenvalue weighted by Gasteiger charge is 2.16. The fourth-order valence-electron chi connectivity index (χ4n) is 2.12. The number of nitriles is 1. The van der Waals surface area contributed by atoms with Crippen molar-refractivity contribution in [2.24, 2.45) is 0 Å². The first kappa shape index (κ1) is 13.0. The van der Waals surface area contributed by atoms with Crippen molar-refractivity contribution in [2.75, 3.05) is 0 Å². The highest BCUT2D eigenvalue weighted by molar-refractivity contribution is 5.67. The maximum atomic E-state index is 13.4. The molecule has 0 unspecified atom stereocenters. The number of benzene rings is 2. The van der Waals surface area contributed by atoms with Crippen molar-refractivity contribution in [3.05, 3.63) is 65.6 Å². The van der Waals surface area contributed by atoms with Crippen LogP contribution in [-0.4, -0.2) is 15.0 Å². The quantitative estimate of drug-likeness (QED) is 0.723. The summed E-state index contributed by atoms with van der Waals surface area (Å²) < 4.78 is 14.9. The van der Waals surface area contributed by atoms with Crippen LogP contribution < -0.4 is 0 Å². The molecule has 2 aromatic carbocycles. The van der Waals surface area contributed by atoms with Gasteiger partial charge in [0.2, 0.25) is 0 Å². The zero-order valence-corrected chi connectivity index (χ0v) is 11.3. The Morgan fingerprint density at radius 1 is 1.14 bits per heavy atom. The third-order valence-electron chi connectivity index (χ3n) is 3.15. The van der Waals surface area contributed by atoms with Crippen molar-refractivity contribution in [2.45, 2.75) is 6.92 Å². The number of aromatic nitrogens is 3. The lowest BCUT2D eigenvalue weighted by molar-refractivity contribution is 0.625. The molecule has 1 heterocycles. The van der Waals surface area contributed by atoms with Crippen LogP contribution in [0.4, 0.5) is 4.39 Å². The first-order valence-electron chi connectivity index (χ1n) is 6.38. The molecule has 0 fully saturated rings. The van der Waals surface area contributed by atoms with Crippen molar-refractivity contribution in [3.63, 3.8) is 0 Å². The standard InChI is InChI=1S/C16H11FN4/c1-11-5-7-12(8-6-11)16-15(10-18)19-20-21(16)14-4-2-3-13(17)9-14/h2-9H,1H3. The zero-order valence-electron chi connectivity index (χ0n) is 11.3.